The smallest absolute Gasteiger partial charge is 0.306 e. The number of carboxylic acid groups (broad SMARTS) is 1. The number of carbonyl (C=O) groups is 3. The Morgan fingerprint density at radius 2 is 0.568 bits per heavy atom. The standard InChI is InChI=1S/C86H137NO8/c1-6-8-10-12-14-16-18-20-22-24-26-28-30-32-34-36-37-38-39-40-41-42-43-44-45-46-47-49-51-53-55-57-59-61-63-65-67-69-71-73-75-77-84(89)95-82(81-94-86(85(90)91)92-79-78-87(3,4)5)80-93-83(88)76-74-72-70-68-66-64-62-60-58-56-54-52-50-48-35-33-31-29-27-25-23-21-19-17-15-13-11-9-7-2/h8-11,14-17,20-23,26-29,32,34,37-38,40-41,43-44,46-47,51,53,57,59,63,65,82,86H,6-7,12-13,18-19,24-25,30-31,33,35-36,39,42,45,48-50,52,54-56,58,60-62,64,66-81H2,1-5H3/b10-8-,11-9-,16-14-,17-15-,22-20-,23-21-,28-26-,29-27-,34-32-,38-37-,41-40-,44-43-,47-46-,53-51-,59-57-,65-63-. The molecule has 0 spiro atoms. The third-order valence-electron chi connectivity index (χ3n) is 15.3. The normalized spacial score (nSPS) is 13.8. The minimum atomic E-state index is -1.64. The lowest BCUT2D eigenvalue weighted by Crippen LogP contribution is -2.44. The van der Waals surface area contributed by atoms with Gasteiger partial charge < -0.3 is 33.3 Å². The predicted molar refractivity (Wildman–Crippen MR) is 407 cm³/mol. The van der Waals surface area contributed by atoms with Crippen molar-refractivity contribution in [3.63, 3.8) is 0 Å². The quantitative estimate of drug-likeness (QED) is 0.0195. The molecule has 534 valence electrons. The summed E-state index contributed by atoms with van der Waals surface area (Å²) in [6.45, 7) is 4.48. The third kappa shape index (κ3) is 75.4. The van der Waals surface area contributed by atoms with Crippen molar-refractivity contribution in [1.29, 1.82) is 0 Å². The second kappa shape index (κ2) is 73.9. The summed E-state index contributed by atoms with van der Waals surface area (Å²) in [5.74, 6) is -2.33. The first-order valence-electron chi connectivity index (χ1n) is 37.6. The van der Waals surface area contributed by atoms with Crippen LogP contribution in [0.3, 0.4) is 0 Å². The summed E-state index contributed by atoms with van der Waals surface area (Å²) in [5.41, 5.74) is 0. The number of hydrogen-bond donors (Lipinski definition) is 0. The predicted octanol–water partition coefficient (Wildman–Crippen LogP) is 22.8. The van der Waals surface area contributed by atoms with Crippen LogP contribution in [0.2, 0.25) is 0 Å². The average molecular weight is 1310 g/mol. The fraction of sp³-hybridized carbons (Fsp3) is 0.593. The Labute approximate surface area is 582 Å². The van der Waals surface area contributed by atoms with Crippen LogP contribution in [-0.2, 0) is 33.3 Å². The highest BCUT2D eigenvalue weighted by Crippen LogP contribution is 2.16. The molecule has 9 heteroatoms. The Morgan fingerprint density at radius 3 is 0.842 bits per heavy atom. The number of ether oxygens (including phenoxy) is 4. The molecule has 0 aliphatic carbocycles. The molecule has 9 nitrogen and oxygen atoms in total. The minimum Gasteiger partial charge on any atom is -0.545 e. The summed E-state index contributed by atoms with van der Waals surface area (Å²) < 4.78 is 22.8. The zero-order chi connectivity index (χ0) is 69.0. The van der Waals surface area contributed by atoms with Gasteiger partial charge in [0.25, 0.3) is 0 Å². The number of nitrogens with zero attached hydrogens (tertiary/aromatic N) is 1. The molecule has 95 heavy (non-hydrogen) atoms. The van der Waals surface area contributed by atoms with E-state index in [1.165, 1.54) is 89.9 Å². The summed E-state index contributed by atoms with van der Waals surface area (Å²) in [6.07, 6.45) is 111. The highest BCUT2D eigenvalue weighted by atomic mass is 16.7. The molecular weight excluding hydrogens is 1170 g/mol. The van der Waals surface area contributed by atoms with Gasteiger partial charge in [-0.25, -0.2) is 0 Å². The van der Waals surface area contributed by atoms with Gasteiger partial charge in [-0.3, -0.25) is 9.59 Å². The van der Waals surface area contributed by atoms with Gasteiger partial charge in [0.15, 0.2) is 12.4 Å². The first-order chi connectivity index (χ1) is 46.6. The van der Waals surface area contributed by atoms with Crippen LogP contribution in [0, 0.1) is 0 Å². The van der Waals surface area contributed by atoms with Gasteiger partial charge in [-0.2, -0.15) is 0 Å². The Morgan fingerprint density at radius 1 is 0.316 bits per heavy atom. The monoisotopic (exact) mass is 1310 g/mol. The lowest BCUT2D eigenvalue weighted by Gasteiger charge is -2.26. The maximum absolute atomic E-state index is 12.9. The summed E-state index contributed by atoms with van der Waals surface area (Å²) in [4.78, 5) is 37.5. The molecule has 0 aromatic carbocycles. The van der Waals surface area contributed by atoms with Gasteiger partial charge in [0.05, 0.1) is 40.3 Å². The van der Waals surface area contributed by atoms with Crippen molar-refractivity contribution in [2.24, 2.45) is 0 Å². The minimum absolute atomic E-state index is 0.133. The fourth-order valence-corrected chi connectivity index (χ4v) is 9.69. The maximum atomic E-state index is 12.9. The molecule has 0 aliphatic rings. The van der Waals surface area contributed by atoms with E-state index in [1.54, 1.807) is 0 Å². The van der Waals surface area contributed by atoms with E-state index in [-0.39, 0.29) is 38.6 Å². The highest BCUT2D eigenvalue weighted by Gasteiger charge is 2.22. The van der Waals surface area contributed by atoms with Crippen molar-refractivity contribution in [2.75, 3.05) is 47.5 Å². The van der Waals surface area contributed by atoms with Crippen LogP contribution in [0.15, 0.2) is 194 Å². The molecule has 0 rings (SSSR count). The van der Waals surface area contributed by atoms with Crippen LogP contribution in [0.4, 0.5) is 0 Å². The lowest BCUT2D eigenvalue weighted by molar-refractivity contribution is -0.870. The molecular formula is C86H137NO8. The molecule has 0 amide bonds. The molecule has 2 unspecified atom stereocenters. The molecule has 0 heterocycles. The van der Waals surface area contributed by atoms with Crippen molar-refractivity contribution >= 4 is 17.9 Å². The summed E-state index contributed by atoms with van der Waals surface area (Å²) >= 11 is 0. The van der Waals surface area contributed by atoms with E-state index in [9.17, 15) is 19.5 Å². The zero-order valence-corrected chi connectivity index (χ0v) is 61.0. The average Bonchev–Trinajstić information content (AvgIpc) is 3.54. The van der Waals surface area contributed by atoms with Crippen LogP contribution in [0.25, 0.3) is 0 Å². The van der Waals surface area contributed by atoms with Crippen LogP contribution in [0.5, 0.6) is 0 Å². The van der Waals surface area contributed by atoms with E-state index in [0.717, 1.165) is 148 Å². The van der Waals surface area contributed by atoms with Crippen LogP contribution < -0.4 is 5.11 Å². The Bertz CT molecular complexity index is 2270. The van der Waals surface area contributed by atoms with Crippen molar-refractivity contribution in [3.8, 4) is 0 Å². The maximum Gasteiger partial charge on any atom is 0.306 e. The second-order valence-corrected chi connectivity index (χ2v) is 25.5. The molecule has 0 aromatic heterocycles. The summed E-state index contributed by atoms with van der Waals surface area (Å²) in [5, 5.41) is 11.8. The third-order valence-corrected chi connectivity index (χ3v) is 15.3. The van der Waals surface area contributed by atoms with Gasteiger partial charge in [0.2, 0.25) is 0 Å². The van der Waals surface area contributed by atoms with E-state index in [2.05, 4.69) is 208 Å². The molecule has 0 N–H and O–H groups in total. The van der Waals surface area contributed by atoms with Crippen molar-refractivity contribution in [3.05, 3.63) is 194 Å². The fourth-order valence-electron chi connectivity index (χ4n) is 9.69. The molecule has 0 aromatic rings. The molecule has 0 aliphatic heterocycles. The topological polar surface area (TPSA) is 111 Å². The number of rotatable bonds is 67. The summed E-state index contributed by atoms with van der Waals surface area (Å²) in [6, 6.07) is 0. The molecule has 0 fully saturated rings. The van der Waals surface area contributed by atoms with Gasteiger partial charge >= 0.3 is 11.9 Å². The van der Waals surface area contributed by atoms with Crippen molar-refractivity contribution < 1.29 is 42.9 Å². The van der Waals surface area contributed by atoms with E-state index >= 15 is 0 Å². The first kappa shape index (κ1) is 89.1. The largest absolute Gasteiger partial charge is 0.545 e. The molecule has 0 bridgehead atoms. The van der Waals surface area contributed by atoms with Crippen LogP contribution in [0.1, 0.15) is 271 Å². The first-order valence-corrected chi connectivity index (χ1v) is 37.6. The molecule has 0 saturated heterocycles. The number of hydrogen-bond acceptors (Lipinski definition) is 8. The second-order valence-electron chi connectivity index (χ2n) is 25.5. The Hall–Kier alpha value is -5.87. The molecule has 2 atom stereocenters. The number of esters is 2. The van der Waals surface area contributed by atoms with Crippen LogP contribution in [-0.4, -0.2) is 82.3 Å². The number of aliphatic carboxylic acids is 1. The zero-order valence-electron chi connectivity index (χ0n) is 61.0. The number of quaternary nitrogens is 1. The molecule has 0 saturated carbocycles. The van der Waals surface area contributed by atoms with E-state index in [4.69, 9.17) is 18.9 Å². The van der Waals surface area contributed by atoms with E-state index in [0.29, 0.717) is 17.4 Å². The van der Waals surface area contributed by atoms with Gasteiger partial charge in [0, 0.05) is 12.8 Å². The molecule has 0 radical (unpaired) electrons. The van der Waals surface area contributed by atoms with Crippen molar-refractivity contribution in [1.82, 2.24) is 0 Å². The van der Waals surface area contributed by atoms with Gasteiger partial charge in [0.1, 0.15) is 13.2 Å². The SMILES string of the molecule is CC/C=C\C/C=C\C/C=C\C/C=C\C/C=C\C/C=C\C/C=C\C/C=C\C/C=C\C/C=C\C/C=C\C/C=C\CCCCCCC(=O)OC(COC(=O)CCCCCCCCCCCCCCCCCC/C=C\C/C=C\C/C=C\C/C=C\CC)COC(OCC[N+](C)(C)C)C(=O)[O-]. The number of carboxylic acids is 1. The number of likely N-dealkylation sites (N-methyl/N-ethyl adjacent to an activating group) is 1. The lowest BCUT2D eigenvalue weighted by atomic mass is 10.0. The van der Waals surface area contributed by atoms with Gasteiger partial charge in [-0.15, -0.1) is 0 Å². The highest BCUT2D eigenvalue weighted by molar-refractivity contribution is 5.70. The van der Waals surface area contributed by atoms with E-state index < -0.39 is 24.3 Å². The van der Waals surface area contributed by atoms with Gasteiger partial charge in [-0.1, -0.05) is 311 Å². The number of unbranched alkanes of at least 4 members (excludes halogenated alkanes) is 20. The summed E-state index contributed by atoms with van der Waals surface area (Å²) in [7, 11) is 5.91. The number of carbonyl (C=O) groups excluding carboxylic acids is 3. The van der Waals surface area contributed by atoms with Crippen LogP contribution >= 0.6 is 0 Å². The Kier molecular flexibility index (Phi) is 69.4. The van der Waals surface area contributed by atoms with Gasteiger partial charge in [-0.05, 0) is 141 Å². The van der Waals surface area contributed by atoms with E-state index in [1.807, 2.05) is 21.1 Å². The van der Waals surface area contributed by atoms with Crippen molar-refractivity contribution in [2.45, 2.75) is 283 Å². The Balaban J connectivity index is 4.21. The number of allylic oxidation sites excluding steroid dienone is 32.